The van der Waals surface area contributed by atoms with Crippen molar-refractivity contribution < 1.29 is 27.1 Å². The Labute approximate surface area is 228 Å². The highest BCUT2D eigenvalue weighted by atomic mass is 32.2. The molecule has 0 amide bonds. The van der Waals surface area contributed by atoms with Gasteiger partial charge in [0, 0.05) is 18.8 Å². The van der Waals surface area contributed by atoms with E-state index in [2.05, 4.69) is 30.5 Å². The van der Waals surface area contributed by atoms with Gasteiger partial charge < -0.3 is 18.7 Å². The van der Waals surface area contributed by atoms with E-state index in [0.29, 0.717) is 0 Å². The number of rotatable bonds is 10. The fourth-order valence-electron chi connectivity index (χ4n) is 3.72. The molecule has 2 rings (SSSR count). The van der Waals surface area contributed by atoms with Gasteiger partial charge >= 0.3 is 5.69 Å². The molecule has 0 unspecified atom stereocenters. The number of sulfonamides is 1. The Bertz CT molecular complexity index is 1200. The molecular weight excluding hydrogens is 547 g/mol. The Kier molecular flexibility index (Phi) is 9.60. The fourth-order valence-corrected chi connectivity index (χ4v) is 7.53. The molecule has 1 aliphatic rings. The minimum atomic E-state index is -3.97. The van der Waals surface area contributed by atoms with Gasteiger partial charge in [0.15, 0.2) is 22.9 Å². The van der Waals surface area contributed by atoms with Crippen LogP contribution in [0, 0.1) is 0 Å². The average molecular weight is 594 g/mol. The van der Waals surface area contributed by atoms with Crippen molar-refractivity contribution in [3.05, 3.63) is 33.1 Å². The third-order valence-corrected chi connectivity index (χ3v) is 18.7. The molecule has 1 fully saturated rings. The van der Waals surface area contributed by atoms with E-state index in [0.717, 1.165) is 4.57 Å². The van der Waals surface area contributed by atoms with Gasteiger partial charge in [-0.15, -0.1) is 0 Å². The first-order chi connectivity index (χ1) is 17.0. The zero-order valence-electron chi connectivity index (χ0n) is 24.7. The second kappa shape index (κ2) is 11.0. The highest BCUT2D eigenvalue weighted by Crippen LogP contribution is 2.46. The summed E-state index contributed by atoms with van der Waals surface area (Å²) in [4.78, 5) is 26.8. The molecule has 38 heavy (non-hydrogen) atoms. The average Bonchev–Trinajstić information content (AvgIpc) is 2.95. The van der Waals surface area contributed by atoms with Crippen LogP contribution >= 0.6 is 0 Å². The number of ether oxygens (including phenoxy) is 1. The first kappa shape index (κ1) is 33.1. The van der Waals surface area contributed by atoms with Gasteiger partial charge in [-0.1, -0.05) is 48.5 Å². The van der Waals surface area contributed by atoms with E-state index in [1.807, 2.05) is 47.0 Å². The van der Waals surface area contributed by atoms with Crippen molar-refractivity contribution in [1.29, 1.82) is 0 Å². The van der Waals surface area contributed by atoms with Crippen LogP contribution in [-0.2, 0) is 23.6 Å². The quantitative estimate of drug-likeness (QED) is 0.351. The second-order valence-electron chi connectivity index (χ2n) is 13.2. The number of hydrogen-bond acceptors (Lipinski definition) is 8. The number of hydrogen-bond donors (Lipinski definition) is 3. The first-order valence-electron chi connectivity index (χ1n) is 13.0. The minimum Gasteiger partial charge on any atom is -0.414 e. The minimum absolute atomic E-state index is 0.0966. The van der Waals surface area contributed by atoms with E-state index in [1.165, 1.54) is 12.3 Å². The van der Waals surface area contributed by atoms with Crippen LogP contribution in [0.1, 0.15) is 54.7 Å². The van der Waals surface area contributed by atoms with Crippen LogP contribution in [-0.4, -0.2) is 76.4 Å². The van der Waals surface area contributed by atoms with Gasteiger partial charge in [-0.25, -0.2) is 17.9 Å². The van der Waals surface area contributed by atoms with Crippen LogP contribution in [0.15, 0.2) is 21.9 Å². The molecular formula is C24H47N3O8SSi2. The SMILES string of the molecule is CCNS(=O)(=O)C[C@]1(O)[C@@H](CO[Si](C)(C)C(C)(C)C)O[C@@H](n2ccc(=O)[nH]c2=O)[C@@H]1O[Si](C)(C)C(C)(C)C. The fraction of sp³-hybridized carbons (Fsp3) is 0.833. The highest BCUT2D eigenvalue weighted by Gasteiger charge is 2.61. The van der Waals surface area contributed by atoms with E-state index in [-0.39, 0.29) is 23.2 Å². The molecule has 0 radical (unpaired) electrons. The van der Waals surface area contributed by atoms with E-state index in [1.54, 1.807) is 6.92 Å². The molecule has 0 aromatic carbocycles. The molecule has 1 aliphatic heterocycles. The van der Waals surface area contributed by atoms with Crippen LogP contribution in [0.4, 0.5) is 0 Å². The molecule has 0 spiro atoms. The predicted molar refractivity (Wildman–Crippen MR) is 153 cm³/mol. The van der Waals surface area contributed by atoms with Gasteiger partial charge in [0.1, 0.15) is 17.8 Å². The third-order valence-electron chi connectivity index (χ3n) is 8.15. The summed E-state index contributed by atoms with van der Waals surface area (Å²) in [6, 6.07) is 1.17. The van der Waals surface area contributed by atoms with Crippen molar-refractivity contribution in [2.45, 2.75) is 109 Å². The molecule has 1 aromatic rings. The molecule has 2 heterocycles. The summed E-state index contributed by atoms with van der Waals surface area (Å²) in [6.07, 6.45) is -2.31. The Hall–Kier alpha value is -1.14. The van der Waals surface area contributed by atoms with Crippen molar-refractivity contribution >= 4 is 26.7 Å². The maximum Gasteiger partial charge on any atom is 0.330 e. The standard InChI is InChI=1S/C24H47N3O8SSi2/c1-12-25-36(31,32)16-24(30)17(15-33-37(8,9)22(2,3)4)34-20(27-14-13-18(28)26-21(27)29)19(24)35-38(10,11)23(5,6)7/h13-14,17,19-20,25,30H,12,15-16H2,1-11H3,(H,26,28,29)/t17-,19+,20-,24+/m1/s1. The number of nitrogens with one attached hydrogen (secondary N) is 2. The monoisotopic (exact) mass is 593 g/mol. The summed E-state index contributed by atoms with van der Waals surface area (Å²) in [6.45, 7) is 22.0. The van der Waals surface area contributed by atoms with Crippen LogP contribution in [0.25, 0.3) is 0 Å². The summed E-state index contributed by atoms with van der Waals surface area (Å²) in [5.41, 5.74) is -3.41. The highest BCUT2D eigenvalue weighted by molar-refractivity contribution is 7.89. The smallest absolute Gasteiger partial charge is 0.330 e. The molecule has 3 N–H and O–H groups in total. The first-order valence-corrected chi connectivity index (χ1v) is 20.4. The number of aromatic amines is 1. The summed E-state index contributed by atoms with van der Waals surface area (Å²) in [5, 5.41) is 11.8. The Balaban J connectivity index is 2.71. The van der Waals surface area contributed by atoms with Crippen LogP contribution in [0.2, 0.25) is 36.3 Å². The molecule has 0 saturated carbocycles. The van der Waals surface area contributed by atoms with Crippen LogP contribution < -0.4 is 16.0 Å². The van der Waals surface area contributed by atoms with Crippen LogP contribution in [0.3, 0.4) is 0 Å². The molecule has 0 aliphatic carbocycles. The maximum absolute atomic E-state index is 13.0. The summed E-state index contributed by atoms with van der Waals surface area (Å²) in [7, 11) is -8.95. The van der Waals surface area contributed by atoms with Crippen molar-refractivity contribution in [3.8, 4) is 0 Å². The molecule has 1 saturated heterocycles. The Morgan fingerprint density at radius 1 is 1.11 bits per heavy atom. The third kappa shape index (κ3) is 7.13. The van der Waals surface area contributed by atoms with E-state index >= 15 is 0 Å². The maximum atomic E-state index is 13.0. The molecule has 0 bridgehead atoms. The predicted octanol–water partition coefficient (Wildman–Crippen LogP) is 2.52. The zero-order valence-corrected chi connectivity index (χ0v) is 27.5. The molecule has 14 heteroatoms. The molecule has 4 atom stereocenters. The van der Waals surface area contributed by atoms with Gasteiger partial charge in [-0.05, 0) is 36.3 Å². The van der Waals surface area contributed by atoms with E-state index in [4.69, 9.17) is 13.6 Å². The topological polar surface area (TPSA) is 149 Å². The van der Waals surface area contributed by atoms with Gasteiger partial charge in [0.2, 0.25) is 10.0 Å². The second-order valence-corrected chi connectivity index (χ2v) is 24.5. The Morgan fingerprint density at radius 3 is 2.13 bits per heavy atom. The summed E-state index contributed by atoms with van der Waals surface area (Å²) < 4.78 is 49.0. The lowest BCUT2D eigenvalue weighted by Crippen LogP contribution is -2.60. The van der Waals surface area contributed by atoms with E-state index < -0.39 is 67.7 Å². The summed E-state index contributed by atoms with van der Waals surface area (Å²) in [5.74, 6) is -0.715. The molecule has 1 aromatic heterocycles. The van der Waals surface area contributed by atoms with Gasteiger partial charge in [0.05, 0.1) is 12.4 Å². The van der Waals surface area contributed by atoms with Crippen molar-refractivity contribution in [2.75, 3.05) is 18.9 Å². The van der Waals surface area contributed by atoms with Gasteiger partial charge in [-0.2, -0.15) is 0 Å². The van der Waals surface area contributed by atoms with Crippen molar-refractivity contribution in [3.63, 3.8) is 0 Å². The Morgan fingerprint density at radius 2 is 1.66 bits per heavy atom. The van der Waals surface area contributed by atoms with Crippen molar-refractivity contribution in [2.24, 2.45) is 0 Å². The number of aromatic nitrogens is 2. The zero-order chi connectivity index (χ0) is 29.5. The number of H-pyrrole nitrogens is 1. The van der Waals surface area contributed by atoms with Crippen LogP contribution in [0.5, 0.6) is 0 Å². The number of aliphatic hydroxyl groups is 1. The van der Waals surface area contributed by atoms with Gasteiger partial charge in [-0.3, -0.25) is 14.3 Å². The lowest BCUT2D eigenvalue weighted by molar-refractivity contribution is -0.0750. The molecule has 220 valence electrons. The number of nitrogens with zero attached hydrogens (tertiary/aromatic N) is 1. The van der Waals surface area contributed by atoms with Crippen molar-refractivity contribution in [1.82, 2.24) is 14.3 Å². The lowest BCUT2D eigenvalue weighted by atomic mass is 9.94. The molecule has 11 nitrogen and oxygen atoms in total. The van der Waals surface area contributed by atoms with Gasteiger partial charge in [0.25, 0.3) is 5.56 Å². The van der Waals surface area contributed by atoms with E-state index in [9.17, 15) is 23.1 Å². The summed E-state index contributed by atoms with van der Waals surface area (Å²) >= 11 is 0. The normalized spacial score (nSPS) is 25.6. The lowest BCUT2D eigenvalue weighted by Gasteiger charge is -2.43. The largest absolute Gasteiger partial charge is 0.414 e.